The van der Waals surface area contributed by atoms with Gasteiger partial charge in [-0.25, -0.2) is 9.78 Å². The summed E-state index contributed by atoms with van der Waals surface area (Å²) >= 11 is 0. The lowest BCUT2D eigenvalue weighted by atomic mass is 9.93. The molecular formula is C27H38N2O11. The molecule has 13 nitrogen and oxygen atoms in total. The number of esters is 4. The summed E-state index contributed by atoms with van der Waals surface area (Å²) in [5.41, 5.74) is -0.278. The van der Waals surface area contributed by atoms with Gasteiger partial charge in [-0.3, -0.25) is 19.2 Å². The minimum Gasteiger partial charge on any atom is -0.493 e. The fourth-order valence-electron chi connectivity index (χ4n) is 3.71. The Hall–Kier alpha value is -3.90. The van der Waals surface area contributed by atoms with E-state index in [1.165, 1.54) is 26.3 Å². The zero-order chi connectivity index (χ0) is 30.0. The molecule has 0 bridgehead atoms. The molecule has 4 unspecified atom stereocenters. The van der Waals surface area contributed by atoms with Crippen LogP contribution in [-0.4, -0.2) is 73.5 Å². The highest BCUT2D eigenvalue weighted by Gasteiger charge is 2.41. The lowest BCUT2D eigenvalue weighted by molar-refractivity contribution is -0.176. The third kappa shape index (κ3) is 8.55. The number of cyclic esters (lactones) is 2. The van der Waals surface area contributed by atoms with Gasteiger partial charge in [-0.15, -0.1) is 0 Å². The van der Waals surface area contributed by atoms with E-state index >= 15 is 0 Å². The highest BCUT2D eigenvalue weighted by molar-refractivity contribution is 5.98. The van der Waals surface area contributed by atoms with Crippen molar-refractivity contribution in [3.8, 4) is 11.5 Å². The lowest BCUT2D eigenvalue weighted by Gasteiger charge is -2.29. The Bertz CT molecular complexity index is 1070. The molecule has 13 heteroatoms. The average Bonchev–Trinajstić information content (AvgIpc) is 2.94. The maximum Gasteiger partial charge on any atom is 0.332 e. The summed E-state index contributed by atoms with van der Waals surface area (Å²) in [7, 11) is 1.34. The van der Waals surface area contributed by atoms with E-state index in [2.05, 4.69) is 10.3 Å². The van der Waals surface area contributed by atoms with Crippen molar-refractivity contribution in [2.24, 2.45) is 17.8 Å². The van der Waals surface area contributed by atoms with Crippen molar-refractivity contribution in [3.63, 3.8) is 0 Å². The molecule has 1 aliphatic rings. The molecule has 1 saturated heterocycles. The van der Waals surface area contributed by atoms with E-state index in [0.29, 0.717) is 12.8 Å². The summed E-state index contributed by atoms with van der Waals surface area (Å²) in [6.07, 6.45) is 0.0972. The molecule has 1 N–H and O–H groups in total. The number of amides is 1. The maximum atomic E-state index is 13.2. The molecule has 1 aromatic rings. The van der Waals surface area contributed by atoms with Crippen LogP contribution in [0.3, 0.4) is 0 Å². The smallest absolute Gasteiger partial charge is 0.332 e. The van der Waals surface area contributed by atoms with E-state index in [-0.39, 0.29) is 17.2 Å². The first-order chi connectivity index (χ1) is 18.9. The SMILES string of the molecule is CCCC1C(=O)OCC(NC(=O)c2nccc(OC)c2OCOC(=O)C(C)C)C(=O)OC(C)C1OC(=O)C(C)C. The van der Waals surface area contributed by atoms with Crippen LogP contribution in [0.2, 0.25) is 0 Å². The van der Waals surface area contributed by atoms with Crippen molar-refractivity contribution in [1.29, 1.82) is 0 Å². The summed E-state index contributed by atoms with van der Waals surface area (Å²) in [5.74, 6) is -5.30. The molecule has 0 radical (unpaired) electrons. The minimum absolute atomic E-state index is 0.120. The van der Waals surface area contributed by atoms with Gasteiger partial charge in [0.2, 0.25) is 6.79 Å². The van der Waals surface area contributed by atoms with E-state index in [0.717, 1.165) is 0 Å². The number of methoxy groups -OCH3 is 1. The van der Waals surface area contributed by atoms with Crippen molar-refractivity contribution < 1.29 is 52.4 Å². The number of nitrogens with zero attached hydrogens (tertiary/aromatic N) is 1. The predicted octanol–water partition coefficient (Wildman–Crippen LogP) is 2.20. The Balaban J connectivity index is 2.28. The number of nitrogens with one attached hydrogen (secondary N) is 1. The van der Waals surface area contributed by atoms with Gasteiger partial charge in [0.1, 0.15) is 12.7 Å². The Morgan fingerprint density at radius 1 is 1.10 bits per heavy atom. The molecule has 40 heavy (non-hydrogen) atoms. The Morgan fingerprint density at radius 2 is 1.77 bits per heavy atom. The average molecular weight is 567 g/mol. The normalized spacial score (nSPS) is 21.3. The fourth-order valence-corrected chi connectivity index (χ4v) is 3.71. The van der Waals surface area contributed by atoms with Gasteiger partial charge >= 0.3 is 23.9 Å². The Morgan fingerprint density at radius 3 is 2.38 bits per heavy atom. The number of hydrogen-bond acceptors (Lipinski definition) is 12. The third-order valence-corrected chi connectivity index (χ3v) is 5.95. The zero-order valence-corrected chi connectivity index (χ0v) is 23.9. The number of hydrogen-bond donors (Lipinski definition) is 1. The van der Waals surface area contributed by atoms with Gasteiger partial charge in [0.15, 0.2) is 29.3 Å². The number of carbonyl (C=O) groups excluding carboxylic acids is 5. The second-order valence-corrected chi connectivity index (χ2v) is 9.82. The Labute approximate surface area is 233 Å². The van der Waals surface area contributed by atoms with E-state index in [9.17, 15) is 24.0 Å². The first-order valence-corrected chi connectivity index (χ1v) is 13.1. The maximum absolute atomic E-state index is 13.2. The van der Waals surface area contributed by atoms with Crippen LogP contribution in [0.5, 0.6) is 11.5 Å². The van der Waals surface area contributed by atoms with Crippen molar-refractivity contribution in [2.75, 3.05) is 20.5 Å². The third-order valence-electron chi connectivity index (χ3n) is 5.95. The van der Waals surface area contributed by atoms with E-state index in [1.54, 1.807) is 27.7 Å². The number of pyridine rings is 1. The topological polar surface area (TPSA) is 166 Å². The van der Waals surface area contributed by atoms with E-state index < -0.39 is 79.2 Å². The van der Waals surface area contributed by atoms with Gasteiger partial charge in [0.25, 0.3) is 5.91 Å². The molecule has 4 atom stereocenters. The van der Waals surface area contributed by atoms with E-state index in [1.807, 2.05) is 6.92 Å². The van der Waals surface area contributed by atoms with Crippen LogP contribution in [-0.2, 0) is 38.1 Å². The highest BCUT2D eigenvalue weighted by Crippen LogP contribution is 2.30. The quantitative estimate of drug-likeness (QED) is 0.236. The monoisotopic (exact) mass is 566 g/mol. The van der Waals surface area contributed by atoms with Crippen LogP contribution in [0.25, 0.3) is 0 Å². The zero-order valence-electron chi connectivity index (χ0n) is 23.9. The van der Waals surface area contributed by atoms with Crippen LogP contribution < -0.4 is 14.8 Å². The molecule has 1 fully saturated rings. The number of rotatable bonds is 11. The molecule has 0 spiro atoms. The summed E-state index contributed by atoms with van der Waals surface area (Å²) in [5, 5.41) is 2.45. The van der Waals surface area contributed by atoms with Gasteiger partial charge in [0.05, 0.1) is 24.9 Å². The molecule has 1 aliphatic heterocycles. The summed E-state index contributed by atoms with van der Waals surface area (Å²) in [6, 6.07) is 0.0147. The number of aromatic nitrogens is 1. The van der Waals surface area contributed by atoms with Crippen LogP contribution in [0.1, 0.15) is 64.9 Å². The molecule has 0 aliphatic carbocycles. The molecule has 0 saturated carbocycles. The molecule has 1 amide bonds. The van der Waals surface area contributed by atoms with Gasteiger partial charge in [0, 0.05) is 12.3 Å². The van der Waals surface area contributed by atoms with Crippen molar-refractivity contribution in [2.45, 2.75) is 72.6 Å². The van der Waals surface area contributed by atoms with Crippen LogP contribution >= 0.6 is 0 Å². The van der Waals surface area contributed by atoms with Gasteiger partial charge in [-0.05, 0) is 13.3 Å². The predicted molar refractivity (Wildman–Crippen MR) is 138 cm³/mol. The molecule has 2 rings (SSSR count). The van der Waals surface area contributed by atoms with Crippen LogP contribution in [0.15, 0.2) is 12.3 Å². The van der Waals surface area contributed by atoms with Gasteiger partial charge in [-0.2, -0.15) is 0 Å². The highest BCUT2D eigenvalue weighted by atomic mass is 16.7. The van der Waals surface area contributed by atoms with Gasteiger partial charge < -0.3 is 33.7 Å². The van der Waals surface area contributed by atoms with Crippen LogP contribution in [0, 0.1) is 17.8 Å². The second kappa shape index (κ2) is 15.0. The molecule has 1 aromatic heterocycles. The largest absolute Gasteiger partial charge is 0.493 e. The summed E-state index contributed by atoms with van der Waals surface area (Å²) in [4.78, 5) is 67.4. The summed E-state index contributed by atoms with van der Waals surface area (Å²) < 4.78 is 32.2. The molecular weight excluding hydrogens is 528 g/mol. The number of carbonyl (C=O) groups is 5. The summed E-state index contributed by atoms with van der Waals surface area (Å²) in [6.45, 7) is 8.89. The first kappa shape index (κ1) is 32.3. The standard InChI is InChI=1S/C27H38N2O11/c1-8-9-17-21(40-25(32)15(4)5)16(6)39-27(34)18(12-36-26(17)33)29-23(30)20-22(19(35-7)10-11-28-20)37-13-38-24(31)14(2)3/h10-11,14-18,21H,8-9,12-13H2,1-7H3,(H,29,30). The van der Waals surface area contributed by atoms with Crippen molar-refractivity contribution >= 4 is 29.8 Å². The van der Waals surface area contributed by atoms with Crippen molar-refractivity contribution in [1.82, 2.24) is 10.3 Å². The second-order valence-electron chi connectivity index (χ2n) is 9.82. The first-order valence-electron chi connectivity index (χ1n) is 13.1. The molecule has 0 aromatic carbocycles. The molecule has 2 heterocycles. The van der Waals surface area contributed by atoms with E-state index in [4.69, 9.17) is 28.4 Å². The molecule has 222 valence electrons. The van der Waals surface area contributed by atoms with Crippen molar-refractivity contribution in [3.05, 3.63) is 18.0 Å². The fraction of sp³-hybridized carbons (Fsp3) is 0.630. The Kier molecular flexibility index (Phi) is 12.1. The van der Waals surface area contributed by atoms with Crippen LogP contribution in [0.4, 0.5) is 0 Å². The minimum atomic E-state index is -1.42. The number of ether oxygens (including phenoxy) is 6. The lowest BCUT2D eigenvalue weighted by Crippen LogP contribution is -2.47. The van der Waals surface area contributed by atoms with Gasteiger partial charge in [-0.1, -0.05) is 41.0 Å².